The van der Waals surface area contributed by atoms with Gasteiger partial charge in [-0.15, -0.1) is 0 Å². The maximum atomic E-state index is 5.91. The number of nitrogens with one attached hydrogen (secondary N) is 1. The van der Waals surface area contributed by atoms with Gasteiger partial charge in [0.1, 0.15) is 17.5 Å². The molecule has 1 fully saturated rings. The number of nitrogens with zero attached hydrogens (tertiary/aromatic N) is 3. The Morgan fingerprint density at radius 2 is 2.28 bits per heavy atom. The van der Waals surface area contributed by atoms with E-state index < -0.39 is 0 Å². The Hall–Kier alpha value is -1.69. The first-order chi connectivity index (χ1) is 8.64. The number of fused-ring (bicyclic) bond motifs is 1. The molecule has 1 aliphatic carbocycles. The minimum absolute atomic E-state index is 0.120. The molecule has 0 spiro atoms. The second kappa shape index (κ2) is 3.91. The number of nitrogens with two attached hydrogens (primary N) is 1. The van der Waals surface area contributed by atoms with Crippen molar-refractivity contribution < 1.29 is 4.52 Å². The first kappa shape index (κ1) is 11.4. The highest BCUT2D eigenvalue weighted by Gasteiger charge is 2.41. The zero-order valence-electron chi connectivity index (χ0n) is 10.6. The lowest BCUT2D eigenvalue weighted by Crippen LogP contribution is -2.45. The molecule has 0 aromatic carbocycles. The molecule has 2 heterocycles. The minimum atomic E-state index is -0.120. The van der Waals surface area contributed by atoms with Crippen molar-refractivity contribution in [1.29, 1.82) is 0 Å². The maximum absolute atomic E-state index is 5.91. The molecule has 6 nitrogen and oxygen atoms in total. The van der Waals surface area contributed by atoms with E-state index in [-0.39, 0.29) is 5.54 Å². The molecule has 2 aromatic heterocycles. The van der Waals surface area contributed by atoms with Crippen LogP contribution in [0, 0.1) is 12.8 Å². The van der Waals surface area contributed by atoms with E-state index in [2.05, 4.69) is 27.4 Å². The second-order valence-corrected chi connectivity index (χ2v) is 5.19. The standard InChI is InChI=1S/C12H17N5O/c1-7-9-10(14-6-15-11(9)18-17-7)16-12(2,5-13)8-3-4-8/h6,8H,3-5,13H2,1-2H3,(H,14,15,16). The van der Waals surface area contributed by atoms with Gasteiger partial charge in [-0.3, -0.25) is 0 Å². The summed E-state index contributed by atoms with van der Waals surface area (Å²) in [5.41, 5.74) is 7.10. The molecule has 0 radical (unpaired) electrons. The normalized spacial score (nSPS) is 18.8. The van der Waals surface area contributed by atoms with Gasteiger partial charge in [0.15, 0.2) is 0 Å². The highest BCUT2D eigenvalue weighted by atomic mass is 16.5. The van der Waals surface area contributed by atoms with Gasteiger partial charge in [-0.25, -0.2) is 4.98 Å². The SMILES string of the molecule is Cc1noc2ncnc(NC(C)(CN)C3CC3)c12. The van der Waals surface area contributed by atoms with Crippen molar-refractivity contribution in [2.45, 2.75) is 32.2 Å². The summed E-state index contributed by atoms with van der Waals surface area (Å²) in [6.45, 7) is 4.60. The molecule has 6 heteroatoms. The van der Waals surface area contributed by atoms with Gasteiger partial charge in [0, 0.05) is 6.54 Å². The molecule has 96 valence electrons. The monoisotopic (exact) mass is 247 g/mol. The van der Waals surface area contributed by atoms with Gasteiger partial charge in [0.25, 0.3) is 5.71 Å². The number of hydrogen-bond acceptors (Lipinski definition) is 6. The lowest BCUT2D eigenvalue weighted by Gasteiger charge is -2.30. The summed E-state index contributed by atoms with van der Waals surface area (Å²) in [7, 11) is 0. The maximum Gasteiger partial charge on any atom is 0.263 e. The van der Waals surface area contributed by atoms with Gasteiger partial charge in [0.2, 0.25) is 0 Å². The van der Waals surface area contributed by atoms with Gasteiger partial charge >= 0.3 is 0 Å². The Morgan fingerprint density at radius 1 is 1.50 bits per heavy atom. The molecule has 1 atom stereocenters. The highest BCUT2D eigenvalue weighted by molar-refractivity contribution is 5.87. The van der Waals surface area contributed by atoms with Crippen LogP contribution in [0.4, 0.5) is 5.82 Å². The third kappa shape index (κ3) is 1.73. The number of hydrogen-bond donors (Lipinski definition) is 2. The molecule has 2 aromatic rings. The Labute approximate surface area is 105 Å². The van der Waals surface area contributed by atoms with Gasteiger partial charge in [-0.05, 0) is 32.6 Å². The summed E-state index contributed by atoms with van der Waals surface area (Å²) in [4.78, 5) is 8.37. The molecule has 18 heavy (non-hydrogen) atoms. The molecular weight excluding hydrogens is 230 g/mol. The second-order valence-electron chi connectivity index (χ2n) is 5.19. The fourth-order valence-corrected chi connectivity index (χ4v) is 2.33. The number of rotatable bonds is 4. The molecule has 1 unspecified atom stereocenters. The van der Waals surface area contributed by atoms with Crippen LogP contribution in [0.15, 0.2) is 10.9 Å². The zero-order chi connectivity index (χ0) is 12.8. The van der Waals surface area contributed by atoms with Crippen molar-refractivity contribution >= 4 is 16.9 Å². The fourth-order valence-electron chi connectivity index (χ4n) is 2.33. The van der Waals surface area contributed by atoms with E-state index in [0.717, 1.165) is 16.9 Å². The van der Waals surface area contributed by atoms with Crippen molar-refractivity contribution in [3.05, 3.63) is 12.0 Å². The van der Waals surface area contributed by atoms with E-state index in [0.29, 0.717) is 18.2 Å². The summed E-state index contributed by atoms with van der Waals surface area (Å²) in [6, 6.07) is 0. The van der Waals surface area contributed by atoms with E-state index in [1.165, 1.54) is 19.2 Å². The average Bonchev–Trinajstić information content (AvgIpc) is 3.15. The van der Waals surface area contributed by atoms with E-state index in [1.54, 1.807) is 0 Å². The van der Waals surface area contributed by atoms with Crippen LogP contribution < -0.4 is 11.1 Å². The minimum Gasteiger partial charge on any atom is -0.363 e. The summed E-state index contributed by atoms with van der Waals surface area (Å²) < 4.78 is 5.14. The average molecular weight is 247 g/mol. The Bertz CT molecular complexity index is 577. The molecule has 0 aliphatic heterocycles. The Balaban J connectivity index is 2.01. The summed E-state index contributed by atoms with van der Waals surface area (Å²) >= 11 is 0. The summed E-state index contributed by atoms with van der Waals surface area (Å²) in [5, 5.41) is 8.23. The predicted octanol–water partition coefficient (Wildman–Crippen LogP) is 1.47. The van der Waals surface area contributed by atoms with Crippen LogP contribution in [0.5, 0.6) is 0 Å². The third-order valence-corrected chi connectivity index (χ3v) is 3.75. The van der Waals surface area contributed by atoms with Gasteiger partial charge in [0.05, 0.1) is 11.2 Å². The van der Waals surface area contributed by atoms with E-state index >= 15 is 0 Å². The largest absolute Gasteiger partial charge is 0.363 e. The lowest BCUT2D eigenvalue weighted by molar-refractivity contribution is 0.442. The molecule has 0 bridgehead atoms. The van der Waals surface area contributed by atoms with Crippen LogP contribution in [0.2, 0.25) is 0 Å². The van der Waals surface area contributed by atoms with Gasteiger partial charge < -0.3 is 15.6 Å². The number of aromatic nitrogens is 3. The van der Waals surface area contributed by atoms with Crippen LogP contribution in [0.25, 0.3) is 11.1 Å². The third-order valence-electron chi connectivity index (χ3n) is 3.75. The fraction of sp³-hybridized carbons (Fsp3) is 0.583. The quantitative estimate of drug-likeness (QED) is 0.850. The van der Waals surface area contributed by atoms with Gasteiger partial charge in [-0.2, -0.15) is 4.98 Å². The lowest BCUT2D eigenvalue weighted by atomic mass is 9.96. The van der Waals surface area contributed by atoms with Crippen LogP contribution in [0.1, 0.15) is 25.5 Å². The van der Waals surface area contributed by atoms with Crippen molar-refractivity contribution in [2.24, 2.45) is 11.7 Å². The van der Waals surface area contributed by atoms with E-state index in [4.69, 9.17) is 10.3 Å². The van der Waals surface area contributed by atoms with Crippen LogP contribution >= 0.6 is 0 Å². The van der Waals surface area contributed by atoms with Crippen molar-refractivity contribution in [3.8, 4) is 0 Å². The molecular formula is C12H17N5O. The first-order valence-electron chi connectivity index (χ1n) is 6.19. The summed E-state index contributed by atoms with van der Waals surface area (Å²) in [6.07, 6.45) is 3.92. The van der Waals surface area contributed by atoms with Crippen LogP contribution in [-0.2, 0) is 0 Å². The first-order valence-corrected chi connectivity index (χ1v) is 6.19. The molecule has 1 saturated carbocycles. The molecule has 1 aliphatic rings. The smallest absolute Gasteiger partial charge is 0.263 e. The Kier molecular flexibility index (Phi) is 2.48. The predicted molar refractivity (Wildman–Crippen MR) is 68.1 cm³/mol. The van der Waals surface area contributed by atoms with Crippen LogP contribution in [-0.4, -0.2) is 27.2 Å². The van der Waals surface area contributed by atoms with Crippen molar-refractivity contribution in [1.82, 2.24) is 15.1 Å². The number of anilines is 1. The van der Waals surface area contributed by atoms with Crippen molar-refractivity contribution in [3.63, 3.8) is 0 Å². The molecule has 3 N–H and O–H groups in total. The molecule has 0 amide bonds. The van der Waals surface area contributed by atoms with Crippen LogP contribution in [0.3, 0.4) is 0 Å². The van der Waals surface area contributed by atoms with E-state index in [9.17, 15) is 0 Å². The summed E-state index contributed by atoms with van der Waals surface area (Å²) in [5.74, 6) is 1.38. The number of aryl methyl sites for hydroxylation is 1. The zero-order valence-corrected chi connectivity index (χ0v) is 10.6. The molecule has 0 saturated heterocycles. The molecule has 3 rings (SSSR count). The Morgan fingerprint density at radius 3 is 2.94 bits per heavy atom. The highest BCUT2D eigenvalue weighted by Crippen LogP contribution is 2.41. The van der Waals surface area contributed by atoms with Crippen molar-refractivity contribution in [2.75, 3.05) is 11.9 Å². The topological polar surface area (TPSA) is 89.9 Å². The van der Waals surface area contributed by atoms with E-state index in [1.807, 2.05) is 6.92 Å². The van der Waals surface area contributed by atoms with Gasteiger partial charge in [-0.1, -0.05) is 5.16 Å².